The number of anilines is 2. The van der Waals surface area contributed by atoms with Crippen molar-refractivity contribution in [3.05, 3.63) is 83.4 Å². The lowest BCUT2D eigenvalue weighted by atomic mass is 10.1. The quantitative estimate of drug-likeness (QED) is 0.630. The summed E-state index contributed by atoms with van der Waals surface area (Å²) in [6.07, 6.45) is -3.33. The summed E-state index contributed by atoms with van der Waals surface area (Å²) in [5.41, 5.74) is -1.10. The first-order chi connectivity index (χ1) is 13.3. The van der Waals surface area contributed by atoms with E-state index in [-0.39, 0.29) is 23.9 Å². The van der Waals surface area contributed by atoms with Crippen molar-refractivity contribution in [1.82, 2.24) is 9.97 Å². The molecule has 0 aliphatic heterocycles. The Morgan fingerprint density at radius 1 is 1.00 bits per heavy atom. The smallest absolute Gasteiger partial charge is 0.350 e. The molecule has 1 amide bonds. The Morgan fingerprint density at radius 2 is 1.71 bits per heavy atom. The van der Waals surface area contributed by atoms with Gasteiger partial charge in [0.15, 0.2) is 0 Å². The van der Waals surface area contributed by atoms with Crippen molar-refractivity contribution in [1.29, 1.82) is 0 Å². The second-order valence-electron chi connectivity index (χ2n) is 5.71. The number of amides is 1. The van der Waals surface area contributed by atoms with Crippen LogP contribution in [0, 0.1) is 5.82 Å². The molecule has 0 fully saturated rings. The molecule has 0 unspecified atom stereocenters. The van der Waals surface area contributed by atoms with Crippen molar-refractivity contribution in [2.75, 3.05) is 10.6 Å². The summed E-state index contributed by atoms with van der Waals surface area (Å²) < 4.78 is 52.8. The van der Waals surface area contributed by atoms with Crippen LogP contribution in [-0.2, 0) is 12.7 Å². The Kier molecular flexibility index (Phi) is 5.53. The second-order valence-corrected chi connectivity index (χ2v) is 5.71. The number of alkyl halides is 3. The van der Waals surface area contributed by atoms with Gasteiger partial charge in [-0.15, -0.1) is 0 Å². The Morgan fingerprint density at radius 3 is 2.46 bits per heavy atom. The van der Waals surface area contributed by atoms with Gasteiger partial charge in [-0.3, -0.25) is 4.79 Å². The summed E-state index contributed by atoms with van der Waals surface area (Å²) in [6.45, 7) is 0.0780. The van der Waals surface area contributed by atoms with E-state index >= 15 is 0 Å². The van der Waals surface area contributed by atoms with Crippen LogP contribution >= 0.6 is 0 Å². The summed E-state index contributed by atoms with van der Waals surface area (Å²) in [5, 5.41) is 4.98. The average molecular weight is 390 g/mol. The second kappa shape index (κ2) is 8.03. The molecule has 0 aliphatic rings. The molecule has 1 heterocycles. The molecule has 0 saturated heterocycles. The van der Waals surface area contributed by atoms with Gasteiger partial charge in [-0.1, -0.05) is 30.3 Å². The van der Waals surface area contributed by atoms with E-state index < -0.39 is 23.5 Å². The first-order valence-electron chi connectivity index (χ1n) is 8.12. The number of nitrogens with zero attached hydrogens (tertiary/aromatic N) is 2. The molecule has 2 N–H and O–H groups in total. The van der Waals surface area contributed by atoms with Gasteiger partial charge in [0, 0.05) is 18.3 Å². The molecular formula is C19H14F4N4O. The van der Waals surface area contributed by atoms with Crippen LogP contribution in [0.3, 0.4) is 0 Å². The number of aromatic nitrogens is 2. The van der Waals surface area contributed by atoms with Gasteiger partial charge in [-0.2, -0.15) is 13.2 Å². The lowest BCUT2D eigenvalue weighted by Crippen LogP contribution is -2.18. The predicted molar refractivity (Wildman–Crippen MR) is 95.2 cm³/mol. The van der Waals surface area contributed by atoms with Gasteiger partial charge in [0.05, 0.1) is 11.3 Å². The molecule has 1 aromatic heterocycles. The van der Waals surface area contributed by atoms with Gasteiger partial charge >= 0.3 is 6.18 Å². The Bertz CT molecular complexity index is 991. The van der Waals surface area contributed by atoms with Crippen molar-refractivity contribution in [2.45, 2.75) is 12.7 Å². The van der Waals surface area contributed by atoms with Crippen molar-refractivity contribution in [3.8, 4) is 0 Å². The zero-order valence-electron chi connectivity index (χ0n) is 14.3. The third-order valence-corrected chi connectivity index (χ3v) is 3.76. The standard InChI is InChI=1S/C19H14F4N4O/c20-14-7-3-1-5-12(14)11-25-18-24-10-9-16(27-18)17(28)26-15-8-4-2-6-13(15)19(21,22)23/h1-10H,11H2,(H,26,28)(H,24,25,27). The number of rotatable bonds is 5. The number of nitrogens with one attached hydrogen (secondary N) is 2. The van der Waals surface area contributed by atoms with Gasteiger partial charge in [0.25, 0.3) is 5.91 Å². The largest absolute Gasteiger partial charge is 0.418 e. The fourth-order valence-electron chi connectivity index (χ4n) is 2.41. The van der Waals surface area contributed by atoms with Crippen molar-refractivity contribution >= 4 is 17.5 Å². The molecule has 2 aromatic carbocycles. The summed E-state index contributed by atoms with van der Waals surface area (Å²) in [6, 6.07) is 12.0. The van der Waals surface area contributed by atoms with Gasteiger partial charge in [0.1, 0.15) is 11.5 Å². The molecule has 0 radical (unpaired) electrons. The molecule has 28 heavy (non-hydrogen) atoms. The topological polar surface area (TPSA) is 66.9 Å². The fourth-order valence-corrected chi connectivity index (χ4v) is 2.41. The van der Waals surface area contributed by atoms with Crippen LogP contribution in [0.1, 0.15) is 21.6 Å². The van der Waals surface area contributed by atoms with Crippen molar-refractivity contribution in [3.63, 3.8) is 0 Å². The van der Waals surface area contributed by atoms with Crippen LogP contribution in [0.2, 0.25) is 0 Å². The summed E-state index contributed by atoms with van der Waals surface area (Å²) in [4.78, 5) is 20.2. The van der Waals surface area contributed by atoms with Crippen LogP contribution in [0.5, 0.6) is 0 Å². The minimum Gasteiger partial charge on any atom is -0.350 e. The number of benzene rings is 2. The molecule has 5 nitrogen and oxygen atoms in total. The highest BCUT2D eigenvalue weighted by Crippen LogP contribution is 2.34. The third kappa shape index (κ3) is 4.61. The molecule has 3 rings (SSSR count). The minimum atomic E-state index is -4.61. The highest BCUT2D eigenvalue weighted by Gasteiger charge is 2.33. The lowest BCUT2D eigenvalue weighted by Gasteiger charge is -2.13. The summed E-state index contributed by atoms with van der Waals surface area (Å²) >= 11 is 0. The summed E-state index contributed by atoms with van der Waals surface area (Å²) in [5.74, 6) is -1.19. The van der Waals surface area contributed by atoms with Crippen LogP contribution < -0.4 is 10.6 Å². The number of carbonyl (C=O) groups is 1. The minimum absolute atomic E-state index is 0.0417. The monoisotopic (exact) mass is 390 g/mol. The maximum atomic E-state index is 13.6. The van der Waals surface area contributed by atoms with Crippen molar-refractivity contribution < 1.29 is 22.4 Å². The van der Waals surface area contributed by atoms with E-state index in [9.17, 15) is 22.4 Å². The average Bonchev–Trinajstić information content (AvgIpc) is 2.67. The first kappa shape index (κ1) is 19.3. The van der Waals surface area contributed by atoms with E-state index in [1.807, 2.05) is 0 Å². The summed E-state index contributed by atoms with van der Waals surface area (Å²) in [7, 11) is 0. The third-order valence-electron chi connectivity index (χ3n) is 3.76. The van der Waals surface area contributed by atoms with E-state index in [4.69, 9.17) is 0 Å². The molecule has 144 valence electrons. The molecule has 0 spiro atoms. The van der Waals surface area contributed by atoms with E-state index in [1.54, 1.807) is 18.2 Å². The Labute approximate surface area is 157 Å². The molecule has 0 bridgehead atoms. The van der Waals surface area contributed by atoms with Gasteiger partial charge in [-0.05, 0) is 24.3 Å². The van der Waals surface area contributed by atoms with E-state index in [0.717, 1.165) is 12.1 Å². The number of hydrogen-bond acceptors (Lipinski definition) is 4. The van der Waals surface area contributed by atoms with Crippen LogP contribution in [0.15, 0.2) is 60.8 Å². The normalized spacial score (nSPS) is 11.1. The highest BCUT2D eigenvalue weighted by molar-refractivity contribution is 6.03. The molecule has 0 saturated carbocycles. The lowest BCUT2D eigenvalue weighted by molar-refractivity contribution is -0.136. The van der Waals surface area contributed by atoms with E-state index in [1.165, 1.54) is 30.5 Å². The Balaban J connectivity index is 1.74. The molecule has 9 heteroatoms. The number of hydrogen-bond donors (Lipinski definition) is 2. The number of halogens is 4. The molecule has 3 aromatic rings. The zero-order valence-corrected chi connectivity index (χ0v) is 14.3. The highest BCUT2D eigenvalue weighted by atomic mass is 19.4. The predicted octanol–water partition coefficient (Wildman–Crippen LogP) is 4.50. The van der Waals surface area contributed by atoms with Crippen molar-refractivity contribution in [2.24, 2.45) is 0 Å². The molecule has 0 aliphatic carbocycles. The van der Waals surface area contributed by atoms with Crippen LogP contribution in [0.4, 0.5) is 29.2 Å². The van der Waals surface area contributed by atoms with E-state index in [0.29, 0.717) is 5.56 Å². The Hall–Kier alpha value is -3.49. The maximum Gasteiger partial charge on any atom is 0.418 e. The van der Waals surface area contributed by atoms with Gasteiger partial charge in [-0.25, -0.2) is 14.4 Å². The van der Waals surface area contributed by atoms with Gasteiger partial charge in [0.2, 0.25) is 5.95 Å². The van der Waals surface area contributed by atoms with E-state index in [2.05, 4.69) is 20.6 Å². The molecular weight excluding hydrogens is 376 g/mol. The van der Waals surface area contributed by atoms with Gasteiger partial charge < -0.3 is 10.6 Å². The fraction of sp³-hybridized carbons (Fsp3) is 0.105. The number of para-hydroxylation sites is 1. The van der Waals surface area contributed by atoms with Crippen LogP contribution in [0.25, 0.3) is 0 Å². The SMILES string of the molecule is O=C(Nc1ccccc1C(F)(F)F)c1ccnc(NCc2ccccc2F)n1. The zero-order chi connectivity index (χ0) is 20.1. The molecule has 0 atom stereocenters. The number of carbonyl (C=O) groups excluding carboxylic acids is 1. The maximum absolute atomic E-state index is 13.6. The first-order valence-corrected chi connectivity index (χ1v) is 8.12. The van der Waals surface area contributed by atoms with Crippen LogP contribution in [-0.4, -0.2) is 15.9 Å².